The lowest BCUT2D eigenvalue weighted by molar-refractivity contribution is 0.894. The van der Waals surface area contributed by atoms with Gasteiger partial charge in [-0.1, -0.05) is 24.9 Å². The second kappa shape index (κ2) is 5.90. The molecule has 0 amide bonds. The van der Waals surface area contributed by atoms with Crippen LogP contribution in [0.1, 0.15) is 25.3 Å². The number of aromatic nitrogens is 1. The number of pyridine rings is 1. The maximum absolute atomic E-state index is 8.71. The third-order valence-corrected chi connectivity index (χ3v) is 2.84. The van der Waals surface area contributed by atoms with E-state index in [1.807, 2.05) is 0 Å². The van der Waals surface area contributed by atoms with E-state index in [2.05, 4.69) is 18.0 Å². The number of hydrogen-bond acceptors (Lipinski definition) is 3. The molecule has 0 aliphatic rings. The average Bonchev–Trinajstić information content (AvgIpc) is 2.17. The van der Waals surface area contributed by atoms with Crippen molar-refractivity contribution in [2.24, 2.45) is 0 Å². The van der Waals surface area contributed by atoms with E-state index in [1.165, 1.54) is 6.42 Å². The zero-order valence-corrected chi connectivity index (χ0v) is 9.53. The Labute approximate surface area is 93.3 Å². The molecule has 0 bridgehead atoms. The van der Waals surface area contributed by atoms with Crippen LogP contribution in [-0.4, -0.2) is 10.7 Å². The molecule has 4 heteroatoms. The molecule has 0 N–H and O–H groups in total. The summed E-state index contributed by atoms with van der Waals surface area (Å²) in [5, 5.41) is 9.94. The van der Waals surface area contributed by atoms with E-state index < -0.39 is 0 Å². The van der Waals surface area contributed by atoms with Crippen LogP contribution in [0.4, 0.5) is 0 Å². The molecule has 1 aromatic rings. The van der Waals surface area contributed by atoms with E-state index in [0.29, 0.717) is 10.7 Å². The number of nitriles is 1. The van der Waals surface area contributed by atoms with E-state index in [-0.39, 0.29) is 0 Å². The molecular weight excluding hydrogens is 216 g/mol. The van der Waals surface area contributed by atoms with Gasteiger partial charge in [0.05, 0.1) is 16.7 Å². The number of hydrogen-bond donors (Lipinski definition) is 0. The highest BCUT2D eigenvalue weighted by atomic mass is 35.5. The minimum Gasteiger partial charge on any atom is -0.230 e. The molecule has 0 unspecified atom stereocenters. The van der Waals surface area contributed by atoms with Gasteiger partial charge in [0.2, 0.25) is 0 Å². The summed E-state index contributed by atoms with van der Waals surface area (Å²) in [5.74, 6) is 1.02. The largest absolute Gasteiger partial charge is 0.230 e. The number of rotatable bonds is 4. The lowest BCUT2D eigenvalue weighted by Gasteiger charge is -2.00. The van der Waals surface area contributed by atoms with Gasteiger partial charge < -0.3 is 0 Å². The Morgan fingerprint density at radius 2 is 2.36 bits per heavy atom. The van der Waals surface area contributed by atoms with E-state index in [1.54, 1.807) is 23.9 Å². The zero-order chi connectivity index (χ0) is 10.4. The number of halogens is 1. The first-order valence-corrected chi connectivity index (χ1v) is 5.83. The third-order valence-electron chi connectivity index (χ3n) is 1.65. The Hall–Kier alpha value is -0.720. The summed E-state index contributed by atoms with van der Waals surface area (Å²) in [5.41, 5.74) is 0.573. The van der Waals surface area contributed by atoms with Crippen LogP contribution >= 0.6 is 23.4 Å². The predicted octanol–water partition coefficient (Wildman–Crippen LogP) is 3.50. The molecule has 1 heterocycles. The van der Waals surface area contributed by atoms with Crippen molar-refractivity contribution in [1.29, 1.82) is 5.26 Å². The lowest BCUT2D eigenvalue weighted by Crippen LogP contribution is -1.86. The highest BCUT2D eigenvalue weighted by Crippen LogP contribution is 2.20. The van der Waals surface area contributed by atoms with Gasteiger partial charge >= 0.3 is 0 Å². The average molecular weight is 227 g/mol. The molecule has 0 aromatic carbocycles. The number of thioether (sulfide) groups is 1. The van der Waals surface area contributed by atoms with Crippen molar-refractivity contribution in [1.82, 2.24) is 4.98 Å². The Balaban J connectivity index is 2.68. The van der Waals surface area contributed by atoms with Gasteiger partial charge in [-0.05, 0) is 24.3 Å². The van der Waals surface area contributed by atoms with Gasteiger partial charge in [0.1, 0.15) is 5.15 Å². The highest BCUT2D eigenvalue weighted by Gasteiger charge is 2.01. The molecule has 1 rings (SSSR count). The zero-order valence-electron chi connectivity index (χ0n) is 7.96. The molecule has 14 heavy (non-hydrogen) atoms. The summed E-state index contributed by atoms with van der Waals surface area (Å²) in [6.07, 6.45) is 2.32. The molecule has 0 atom stereocenters. The predicted molar refractivity (Wildman–Crippen MR) is 59.6 cm³/mol. The maximum atomic E-state index is 8.71. The van der Waals surface area contributed by atoms with Crippen LogP contribution in [0.2, 0.25) is 5.15 Å². The van der Waals surface area contributed by atoms with Crippen molar-refractivity contribution >= 4 is 23.4 Å². The second-order valence-corrected chi connectivity index (χ2v) is 4.33. The topological polar surface area (TPSA) is 36.7 Å². The Morgan fingerprint density at radius 3 is 3.00 bits per heavy atom. The van der Waals surface area contributed by atoms with Crippen LogP contribution in [0.3, 0.4) is 0 Å². The molecule has 74 valence electrons. The van der Waals surface area contributed by atoms with Gasteiger partial charge in [-0.3, -0.25) is 0 Å². The van der Waals surface area contributed by atoms with Crippen LogP contribution in [0.5, 0.6) is 0 Å². The Morgan fingerprint density at radius 1 is 1.57 bits per heavy atom. The molecule has 0 aliphatic carbocycles. The molecule has 0 aliphatic heterocycles. The minimum absolute atomic E-state index is 0.392. The fourth-order valence-electron chi connectivity index (χ4n) is 0.932. The SMILES string of the molecule is CCCCSc1cc(C#N)cc(Cl)n1. The highest BCUT2D eigenvalue weighted by molar-refractivity contribution is 7.99. The van der Waals surface area contributed by atoms with Crippen molar-refractivity contribution < 1.29 is 0 Å². The van der Waals surface area contributed by atoms with Crippen LogP contribution in [-0.2, 0) is 0 Å². The minimum atomic E-state index is 0.392. The van der Waals surface area contributed by atoms with E-state index in [0.717, 1.165) is 17.2 Å². The molecule has 0 spiro atoms. The fraction of sp³-hybridized carbons (Fsp3) is 0.400. The molecule has 2 nitrogen and oxygen atoms in total. The van der Waals surface area contributed by atoms with Crippen molar-refractivity contribution in [3.05, 3.63) is 22.8 Å². The van der Waals surface area contributed by atoms with Crippen molar-refractivity contribution in [2.45, 2.75) is 24.8 Å². The summed E-state index contributed by atoms with van der Waals surface area (Å²) >= 11 is 7.41. The smallest absolute Gasteiger partial charge is 0.131 e. The number of unbranched alkanes of at least 4 members (excludes halogenated alkanes) is 1. The first kappa shape index (κ1) is 11.4. The van der Waals surface area contributed by atoms with Gasteiger partial charge in [-0.25, -0.2) is 4.98 Å². The van der Waals surface area contributed by atoms with Crippen LogP contribution in [0, 0.1) is 11.3 Å². The summed E-state index contributed by atoms with van der Waals surface area (Å²) in [4.78, 5) is 4.13. The normalized spacial score (nSPS) is 9.79. The van der Waals surface area contributed by atoms with Crippen LogP contribution < -0.4 is 0 Å². The molecule has 0 fully saturated rings. The third kappa shape index (κ3) is 3.57. The van der Waals surface area contributed by atoms with Gasteiger partial charge in [0.15, 0.2) is 0 Å². The lowest BCUT2D eigenvalue weighted by atomic mass is 10.3. The van der Waals surface area contributed by atoms with Crippen molar-refractivity contribution in [3.8, 4) is 6.07 Å². The van der Waals surface area contributed by atoms with E-state index >= 15 is 0 Å². The molecule has 0 saturated heterocycles. The summed E-state index contributed by atoms with van der Waals surface area (Å²) in [7, 11) is 0. The van der Waals surface area contributed by atoms with Gasteiger partial charge in [0, 0.05) is 0 Å². The Bertz CT molecular complexity index is 346. The van der Waals surface area contributed by atoms with Crippen LogP contribution in [0.15, 0.2) is 17.2 Å². The number of nitrogens with zero attached hydrogens (tertiary/aromatic N) is 2. The summed E-state index contributed by atoms with van der Waals surface area (Å²) in [6, 6.07) is 5.41. The first-order chi connectivity index (χ1) is 6.76. The van der Waals surface area contributed by atoms with Gasteiger partial charge in [-0.15, -0.1) is 11.8 Å². The summed E-state index contributed by atoms with van der Waals surface area (Å²) < 4.78 is 0. The maximum Gasteiger partial charge on any atom is 0.131 e. The monoisotopic (exact) mass is 226 g/mol. The Kier molecular flexibility index (Phi) is 4.78. The van der Waals surface area contributed by atoms with Crippen LogP contribution in [0.25, 0.3) is 0 Å². The van der Waals surface area contributed by atoms with Crippen molar-refractivity contribution in [2.75, 3.05) is 5.75 Å². The molecule has 0 radical (unpaired) electrons. The molecule has 0 saturated carbocycles. The first-order valence-electron chi connectivity index (χ1n) is 4.46. The van der Waals surface area contributed by atoms with E-state index in [9.17, 15) is 0 Å². The molecule has 1 aromatic heterocycles. The quantitative estimate of drug-likeness (QED) is 0.448. The standard InChI is InChI=1S/C10H11ClN2S/c1-2-3-4-14-10-6-8(7-12)5-9(11)13-10/h5-6H,2-4H2,1H3. The molecular formula is C10H11ClN2S. The fourth-order valence-corrected chi connectivity index (χ4v) is 2.21. The van der Waals surface area contributed by atoms with Gasteiger partial charge in [-0.2, -0.15) is 5.26 Å². The second-order valence-electron chi connectivity index (χ2n) is 2.83. The summed E-state index contributed by atoms with van der Waals surface area (Å²) in [6.45, 7) is 2.15. The van der Waals surface area contributed by atoms with Gasteiger partial charge in [0.25, 0.3) is 0 Å². The van der Waals surface area contributed by atoms with Crippen molar-refractivity contribution in [3.63, 3.8) is 0 Å². The van der Waals surface area contributed by atoms with E-state index in [4.69, 9.17) is 16.9 Å².